The molecule has 1 fully saturated rings. The molecule has 1 aromatic carbocycles. The van der Waals surface area contributed by atoms with Gasteiger partial charge in [-0.25, -0.2) is 0 Å². The van der Waals surface area contributed by atoms with Gasteiger partial charge in [0.2, 0.25) is 0 Å². The van der Waals surface area contributed by atoms with Crippen LogP contribution in [0.5, 0.6) is 0 Å². The number of benzene rings is 1. The number of likely N-dealkylation sites (tertiary alicyclic amines) is 1. The lowest BCUT2D eigenvalue weighted by Crippen LogP contribution is -2.43. The van der Waals surface area contributed by atoms with Gasteiger partial charge in [-0.15, -0.1) is 0 Å². The second-order valence-electron chi connectivity index (χ2n) is 6.91. The number of β-amino-alcohol motifs (C(OH)–C–C–N with tert-alkyl or cyclic N) is 1. The van der Waals surface area contributed by atoms with E-state index in [-0.39, 0.29) is 0 Å². The van der Waals surface area contributed by atoms with Crippen molar-refractivity contribution in [1.29, 1.82) is 0 Å². The minimum atomic E-state index is -0.672. The number of halogens is 1. The predicted octanol–water partition coefficient (Wildman–Crippen LogP) is 2.14. The highest BCUT2D eigenvalue weighted by atomic mass is 35.5. The molecule has 3 rings (SSSR count). The highest BCUT2D eigenvalue weighted by Gasteiger charge is 2.36. The zero-order chi connectivity index (χ0) is 17.2. The van der Waals surface area contributed by atoms with Crippen LogP contribution < -0.4 is 0 Å². The first kappa shape index (κ1) is 17.4. The maximum absolute atomic E-state index is 10.9. The quantitative estimate of drug-likeness (QED) is 0.868. The number of aryl methyl sites for hydroxylation is 1. The number of hydrogen-bond donors (Lipinski definition) is 1. The third kappa shape index (κ3) is 4.16. The molecule has 0 aliphatic carbocycles. The average Bonchev–Trinajstić information content (AvgIpc) is 3.05. The van der Waals surface area contributed by atoms with Crippen LogP contribution in [0.2, 0.25) is 5.02 Å². The van der Waals surface area contributed by atoms with E-state index in [1.54, 1.807) is 10.9 Å². The number of likely N-dealkylation sites (N-methyl/N-ethyl adjacent to an activating group) is 1. The number of aliphatic hydroxyl groups is 1. The van der Waals surface area contributed by atoms with Crippen LogP contribution >= 0.6 is 11.6 Å². The zero-order valence-corrected chi connectivity index (χ0v) is 15.1. The fraction of sp³-hybridized carbons (Fsp3) is 0.500. The number of rotatable bonds is 6. The lowest BCUT2D eigenvalue weighted by Gasteiger charge is -2.29. The fourth-order valence-electron chi connectivity index (χ4n) is 3.47. The molecule has 0 radical (unpaired) electrons. The Balaban J connectivity index is 1.55. The van der Waals surface area contributed by atoms with E-state index in [4.69, 9.17) is 11.6 Å². The summed E-state index contributed by atoms with van der Waals surface area (Å²) in [6.07, 6.45) is 2.46. The van der Waals surface area contributed by atoms with Crippen molar-refractivity contribution in [1.82, 2.24) is 19.6 Å². The Morgan fingerprint density at radius 2 is 2.08 bits per heavy atom. The molecule has 1 N–H and O–H groups in total. The van der Waals surface area contributed by atoms with Gasteiger partial charge in [0.05, 0.1) is 22.5 Å². The van der Waals surface area contributed by atoms with Gasteiger partial charge in [-0.2, -0.15) is 5.10 Å². The van der Waals surface area contributed by atoms with Crippen LogP contribution in [0, 0.1) is 0 Å². The number of hydrogen-bond acceptors (Lipinski definition) is 4. The van der Waals surface area contributed by atoms with E-state index in [1.807, 2.05) is 20.2 Å². The standard InChI is InChI=1S/C18H25ClN4O/c1-21(12-17-16(19)10-20-22(17)2)13-18(24)8-9-23(14-18)11-15-6-4-3-5-7-15/h3-7,10,24H,8-9,11-14H2,1-2H3/t18-/m1/s1. The SMILES string of the molecule is CN(Cc1c(Cl)cnn1C)C[C@]1(O)CCN(Cc2ccccc2)C1. The Labute approximate surface area is 148 Å². The first-order valence-electron chi connectivity index (χ1n) is 8.29. The van der Waals surface area contributed by atoms with Crippen molar-refractivity contribution in [2.24, 2.45) is 7.05 Å². The Morgan fingerprint density at radius 3 is 2.75 bits per heavy atom. The molecular weight excluding hydrogens is 324 g/mol. The lowest BCUT2D eigenvalue weighted by molar-refractivity contribution is 0.0157. The summed E-state index contributed by atoms with van der Waals surface area (Å²) in [4.78, 5) is 4.44. The first-order valence-corrected chi connectivity index (χ1v) is 8.67. The van der Waals surface area contributed by atoms with Crippen molar-refractivity contribution < 1.29 is 5.11 Å². The van der Waals surface area contributed by atoms with Crippen LogP contribution in [0.3, 0.4) is 0 Å². The molecule has 0 spiro atoms. The third-order valence-electron chi connectivity index (χ3n) is 4.65. The van der Waals surface area contributed by atoms with Crippen molar-refractivity contribution in [2.75, 3.05) is 26.7 Å². The number of aromatic nitrogens is 2. The molecular formula is C18H25ClN4O. The Hall–Kier alpha value is -1.40. The fourth-order valence-corrected chi connectivity index (χ4v) is 3.70. The summed E-state index contributed by atoms with van der Waals surface area (Å²) in [5.41, 5.74) is 1.59. The second kappa shape index (κ2) is 7.23. The molecule has 1 saturated heterocycles. The molecule has 1 aliphatic heterocycles. The highest BCUT2D eigenvalue weighted by Crippen LogP contribution is 2.25. The summed E-state index contributed by atoms with van der Waals surface area (Å²) in [5, 5.41) is 15.8. The van der Waals surface area contributed by atoms with E-state index >= 15 is 0 Å². The molecule has 24 heavy (non-hydrogen) atoms. The molecule has 5 nitrogen and oxygen atoms in total. The minimum absolute atomic E-state index is 0.625. The van der Waals surface area contributed by atoms with E-state index in [2.05, 4.69) is 39.2 Å². The van der Waals surface area contributed by atoms with E-state index in [0.29, 0.717) is 24.7 Å². The van der Waals surface area contributed by atoms with Crippen molar-refractivity contribution >= 4 is 11.6 Å². The molecule has 0 bridgehead atoms. The van der Waals surface area contributed by atoms with Crippen LogP contribution in [-0.2, 0) is 20.1 Å². The summed E-state index contributed by atoms with van der Waals surface area (Å²) >= 11 is 6.17. The Bertz CT molecular complexity index is 655. The summed E-state index contributed by atoms with van der Waals surface area (Å²) in [5.74, 6) is 0. The molecule has 2 heterocycles. The third-order valence-corrected chi connectivity index (χ3v) is 4.97. The zero-order valence-electron chi connectivity index (χ0n) is 14.3. The van der Waals surface area contributed by atoms with Crippen molar-refractivity contribution in [3.63, 3.8) is 0 Å². The average molecular weight is 349 g/mol. The lowest BCUT2D eigenvalue weighted by atomic mass is 10.0. The van der Waals surface area contributed by atoms with Crippen LogP contribution in [0.25, 0.3) is 0 Å². The van der Waals surface area contributed by atoms with E-state index in [1.165, 1.54) is 5.56 Å². The molecule has 130 valence electrons. The van der Waals surface area contributed by atoms with Gasteiger partial charge in [-0.3, -0.25) is 14.5 Å². The van der Waals surface area contributed by atoms with Crippen LogP contribution in [0.15, 0.2) is 36.5 Å². The van der Waals surface area contributed by atoms with E-state index in [9.17, 15) is 5.11 Å². The molecule has 1 aromatic heterocycles. The molecule has 2 aromatic rings. The molecule has 1 aliphatic rings. The van der Waals surface area contributed by atoms with Gasteiger partial charge in [0.25, 0.3) is 0 Å². The molecule has 1 atom stereocenters. The van der Waals surface area contributed by atoms with Crippen molar-refractivity contribution in [3.05, 3.63) is 52.8 Å². The van der Waals surface area contributed by atoms with Crippen molar-refractivity contribution in [3.8, 4) is 0 Å². The van der Waals surface area contributed by atoms with Crippen LogP contribution in [-0.4, -0.2) is 57.0 Å². The molecule has 6 heteroatoms. The van der Waals surface area contributed by atoms with Gasteiger partial charge >= 0.3 is 0 Å². The second-order valence-corrected chi connectivity index (χ2v) is 7.31. The van der Waals surface area contributed by atoms with Gasteiger partial charge in [0.1, 0.15) is 0 Å². The van der Waals surface area contributed by atoms with E-state index < -0.39 is 5.60 Å². The van der Waals surface area contributed by atoms with E-state index in [0.717, 1.165) is 25.2 Å². The Morgan fingerprint density at radius 1 is 1.33 bits per heavy atom. The first-order chi connectivity index (χ1) is 11.5. The predicted molar refractivity (Wildman–Crippen MR) is 95.8 cm³/mol. The van der Waals surface area contributed by atoms with Gasteiger partial charge in [-0.1, -0.05) is 41.9 Å². The van der Waals surface area contributed by atoms with Gasteiger partial charge < -0.3 is 5.11 Å². The Kier molecular flexibility index (Phi) is 5.25. The van der Waals surface area contributed by atoms with Gasteiger partial charge in [-0.05, 0) is 19.0 Å². The van der Waals surface area contributed by atoms with Crippen LogP contribution in [0.4, 0.5) is 0 Å². The highest BCUT2D eigenvalue weighted by molar-refractivity contribution is 6.31. The normalized spacial score (nSPS) is 21.7. The monoisotopic (exact) mass is 348 g/mol. The largest absolute Gasteiger partial charge is 0.387 e. The van der Waals surface area contributed by atoms with Crippen molar-refractivity contribution in [2.45, 2.75) is 25.1 Å². The van der Waals surface area contributed by atoms with Crippen LogP contribution in [0.1, 0.15) is 17.7 Å². The summed E-state index contributed by atoms with van der Waals surface area (Å²) in [6.45, 7) is 3.81. The number of nitrogens with zero attached hydrogens (tertiary/aromatic N) is 4. The smallest absolute Gasteiger partial charge is 0.0912 e. The molecule has 0 unspecified atom stereocenters. The minimum Gasteiger partial charge on any atom is -0.387 e. The topological polar surface area (TPSA) is 44.5 Å². The van der Waals surface area contributed by atoms with Gasteiger partial charge in [0.15, 0.2) is 0 Å². The summed E-state index contributed by atoms with van der Waals surface area (Å²) in [6, 6.07) is 10.4. The summed E-state index contributed by atoms with van der Waals surface area (Å²) < 4.78 is 1.79. The summed E-state index contributed by atoms with van der Waals surface area (Å²) in [7, 11) is 3.90. The molecule has 0 amide bonds. The van der Waals surface area contributed by atoms with Gasteiger partial charge in [0, 0.05) is 39.8 Å². The maximum Gasteiger partial charge on any atom is 0.0912 e. The maximum atomic E-state index is 10.9. The molecule has 0 saturated carbocycles.